The fourth-order valence-corrected chi connectivity index (χ4v) is 4.32. The van der Waals surface area contributed by atoms with E-state index in [9.17, 15) is 0 Å². The van der Waals surface area contributed by atoms with Gasteiger partial charge < -0.3 is 25.0 Å². The first-order valence-electron chi connectivity index (χ1n) is 11.2. The Labute approximate surface area is 205 Å². The van der Waals surface area contributed by atoms with Crippen LogP contribution in [0.3, 0.4) is 0 Å². The third-order valence-corrected chi connectivity index (χ3v) is 6.25. The van der Waals surface area contributed by atoms with E-state index < -0.39 is 0 Å². The van der Waals surface area contributed by atoms with Gasteiger partial charge in [0.15, 0.2) is 5.96 Å². The molecule has 2 saturated heterocycles. The van der Waals surface area contributed by atoms with Crippen molar-refractivity contribution >= 4 is 29.9 Å². The van der Waals surface area contributed by atoms with E-state index in [0.29, 0.717) is 6.04 Å². The molecule has 0 radical (unpaired) electrons. The monoisotopic (exact) mass is 545 g/mol. The number of piperidine rings is 1. The van der Waals surface area contributed by atoms with Crippen molar-refractivity contribution in [3.8, 4) is 11.5 Å². The summed E-state index contributed by atoms with van der Waals surface area (Å²) in [5.41, 5.74) is 1.21. The van der Waals surface area contributed by atoms with Gasteiger partial charge in [-0.25, -0.2) is 0 Å². The van der Waals surface area contributed by atoms with Crippen LogP contribution in [-0.4, -0.2) is 82.3 Å². The minimum atomic E-state index is 0. The highest BCUT2D eigenvalue weighted by Crippen LogP contribution is 2.24. The van der Waals surface area contributed by atoms with Crippen LogP contribution in [0.2, 0.25) is 0 Å². The quantitative estimate of drug-likeness (QED) is 0.298. The van der Waals surface area contributed by atoms with Gasteiger partial charge in [-0.2, -0.15) is 0 Å². The SMILES string of the molecule is CN=C(NCCN1CCC(C)CC1)NC1CCN(Cc2cc(OC)cc(OC)c2)C1.I. The fraction of sp³-hybridized carbons (Fsp3) is 0.696. The molecule has 2 N–H and O–H groups in total. The van der Waals surface area contributed by atoms with E-state index in [4.69, 9.17) is 9.47 Å². The van der Waals surface area contributed by atoms with Gasteiger partial charge >= 0.3 is 0 Å². The first-order valence-corrected chi connectivity index (χ1v) is 11.2. The van der Waals surface area contributed by atoms with Gasteiger partial charge in [0, 0.05) is 51.9 Å². The Hall–Kier alpha value is -1.26. The van der Waals surface area contributed by atoms with E-state index in [2.05, 4.69) is 44.5 Å². The van der Waals surface area contributed by atoms with Crippen molar-refractivity contribution in [2.45, 2.75) is 38.8 Å². The van der Waals surface area contributed by atoms with Gasteiger partial charge in [0.05, 0.1) is 14.2 Å². The summed E-state index contributed by atoms with van der Waals surface area (Å²) >= 11 is 0. The number of nitrogens with zero attached hydrogens (tertiary/aromatic N) is 3. The lowest BCUT2D eigenvalue weighted by Crippen LogP contribution is -2.47. The van der Waals surface area contributed by atoms with Crippen LogP contribution in [0.4, 0.5) is 0 Å². The van der Waals surface area contributed by atoms with Crippen LogP contribution in [0, 0.1) is 5.92 Å². The molecule has 31 heavy (non-hydrogen) atoms. The zero-order valence-corrected chi connectivity index (χ0v) is 21.9. The highest BCUT2D eigenvalue weighted by atomic mass is 127. The maximum absolute atomic E-state index is 5.40. The number of benzene rings is 1. The van der Waals surface area contributed by atoms with Gasteiger partial charge in [-0.1, -0.05) is 6.92 Å². The molecule has 0 amide bonds. The third kappa shape index (κ3) is 8.31. The number of hydrogen-bond donors (Lipinski definition) is 2. The van der Waals surface area contributed by atoms with Gasteiger partial charge in [0.1, 0.15) is 11.5 Å². The van der Waals surface area contributed by atoms with Gasteiger partial charge in [-0.05, 0) is 56.0 Å². The molecule has 2 heterocycles. The van der Waals surface area contributed by atoms with Crippen molar-refractivity contribution in [3.63, 3.8) is 0 Å². The van der Waals surface area contributed by atoms with Crippen LogP contribution < -0.4 is 20.1 Å². The summed E-state index contributed by atoms with van der Waals surface area (Å²) in [5.74, 6) is 3.47. The Bertz CT molecular complexity index is 672. The second kappa shape index (κ2) is 13.3. The third-order valence-electron chi connectivity index (χ3n) is 6.25. The molecule has 7 nitrogen and oxygen atoms in total. The number of rotatable bonds is 8. The predicted octanol–water partition coefficient (Wildman–Crippen LogP) is 2.79. The molecule has 1 unspecified atom stereocenters. The average Bonchev–Trinajstić information content (AvgIpc) is 3.20. The molecule has 176 valence electrons. The number of ether oxygens (including phenoxy) is 2. The molecule has 1 aromatic carbocycles. The highest BCUT2D eigenvalue weighted by molar-refractivity contribution is 14.0. The van der Waals surface area contributed by atoms with Gasteiger partial charge in [-0.3, -0.25) is 9.89 Å². The average molecular weight is 546 g/mol. The molecule has 0 saturated carbocycles. The van der Waals surface area contributed by atoms with Gasteiger partial charge in [0.2, 0.25) is 0 Å². The van der Waals surface area contributed by atoms with E-state index >= 15 is 0 Å². The number of nitrogens with one attached hydrogen (secondary N) is 2. The minimum Gasteiger partial charge on any atom is -0.497 e. The molecule has 1 aromatic rings. The van der Waals surface area contributed by atoms with E-state index in [1.165, 1.54) is 31.5 Å². The molecule has 1 atom stereocenters. The Kier molecular flexibility index (Phi) is 11.2. The standard InChI is InChI=1S/C23H39N5O2.HI/c1-18-5-9-27(10-6-18)12-8-25-23(24-2)26-20-7-11-28(17-20)16-19-13-21(29-3)15-22(14-19)30-4;/h13-15,18,20H,5-12,16-17H2,1-4H3,(H2,24,25,26);1H. The van der Waals surface area contributed by atoms with Crippen LogP contribution in [0.15, 0.2) is 23.2 Å². The van der Waals surface area contributed by atoms with Crippen LogP contribution in [0.25, 0.3) is 0 Å². The zero-order valence-electron chi connectivity index (χ0n) is 19.5. The van der Waals surface area contributed by atoms with Crippen LogP contribution in [0.5, 0.6) is 11.5 Å². The topological polar surface area (TPSA) is 61.4 Å². The summed E-state index contributed by atoms with van der Waals surface area (Å²) in [4.78, 5) is 9.45. The summed E-state index contributed by atoms with van der Waals surface area (Å²) in [5, 5.41) is 7.10. The number of halogens is 1. The lowest BCUT2D eigenvalue weighted by Gasteiger charge is -2.30. The lowest BCUT2D eigenvalue weighted by atomic mass is 9.99. The van der Waals surface area contributed by atoms with Crippen molar-refractivity contribution in [2.24, 2.45) is 10.9 Å². The largest absolute Gasteiger partial charge is 0.497 e. The lowest BCUT2D eigenvalue weighted by molar-refractivity contribution is 0.195. The molecular formula is C23H40IN5O2. The van der Waals surface area contributed by atoms with Crippen LogP contribution in [0.1, 0.15) is 31.7 Å². The fourth-order valence-electron chi connectivity index (χ4n) is 4.32. The van der Waals surface area contributed by atoms with Crippen molar-refractivity contribution in [1.82, 2.24) is 20.4 Å². The Balaban J connectivity index is 0.00000341. The molecule has 2 aliphatic heterocycles. The number of hydrogen-bond acceptors (Lipinski definition) is 5. The zero-order chi connectivity index (χ0) is 21.3. The molecule has 8 heteroatoms. The summed E-state index contributed by atoms with van der Waals surface area (Å²) in [6.45, 7) is 9.80. The summed E-state index contributed by atoms with van der Waals surface area (Å²) in [6.07, 6.45) is 3.76. The van der Waals surface area contributed by atoms with E-state index in [1.807, 2.05) is 13.1 Å². The predicted molar refractivity (Wildman–Crippen MR) is 138 cm³/mol. The Morgan fingerprint density at radius 3 is 2.29 bits per heavy atom. The van der Waals surface area contributed by atoms with Crippen LogP contribution in [-0.2, 0) is 6.54 Å². The molecule has 0 aliphatic carbocycles. The highest BCUT2D eigenvalue weighted by Gasteiger charge is 2.23. The van der Waals surface area contributed by atoms with E-state index in [-0.39, 0.29) is 24.0 Å². The molecule has 0 bridgehead atoms. The van der Waals surface area contributed by atoms with Crippen LogP contribution >= 0.6 is 24.0 Å². The van der Waals surface area contributed by atoms with Gasteiger partial charge in [-0.15, -0.1) is 24.0 Å². The van der Waals surface area contributed by atoms with E-state index in [1.54, 1.807) is 14.2 Å². The summed E-state index contributed by atoms with van der Waals surface area (Å²) in [6, 6.07) is 6.51. The first-order chi connectivity index (χ1) is 14.6. The smallest absolute Gasteiger partial charge is 0.191 e. The summed E-state index contributed by atoms with van der Waals surface area (Å²) < 4.78 is 10.8. The number of aliphatic imine (C=N–C) groups is 1. The maximum Gasteiger partial charge on any atom is 0.191 e. The van der Waals surface area contributed by atoms with Crippen molar-refractivity contribution in [3.05, 3.63) is 23.8 Å². The maximum atomic E-state index is 5.40. The van der Waals surface area contributed by atoms with Crippen molar-refractivity contribution < 1.29 is 9.47 Å². The first kappa shape index (κ1) is 26.0. The van der Waals surface area contributed by atoms with Gasteiger partial charge in [0.25, 0.3) is 0 Å². The molecule has 0 aromatic heterocycles. The minimum absolute atomic E-state index is 0. The second-order valence-electron chi connectivity index (χ2n) is 8.61. The van der Waals surface area contributed by atoms with E-state index in [0.717, 1.165) is 62.5 Å². The molecule has 3 rings (SSSR count). The summed E-state index contributed by atoms with van der Waals surface area (Å²) in [7, 11) is 5.24. The molecular weight excluding hydrogens is 505 g/mol. The molecule has 0 spiro atoms. The number of guanidine groups is 1. The Morgan fingerprint density at radius 2 is 1.68 bits per heavy atom. The second-order valence-corrected chi connectivity index (χ2v) is 8.61. The van der Waals surface area contributed by atoms with Crippen molar-refractivity contribution in [2.75, 3.05) is 60.5 Å². The normalized spacial score (nSPS) is 20.9. The number of likely N-dealkylation sites (tertiary alicyclic amines) is 2. The number of methoxy groups -OCH3 is 2. The Morgan fingerprint density at radius 1 is 1.03 bits per heavy atom. The van der Waals surface area contributed by atoms with Crippen molar-refractivity contribution in [1.29, 1.82) is 0 Å². The molecule has 2 aliphatic rings. The molecule has 2 fully saturated rings.